The molecule has 2 unspecified atom stereocenters. The normalized spacial score (nSPS) is 18.7. The minimum atomic E-state index is -0.880. The van der Waals surface area contributed by atoms with Gasteiger partial charge in [-0.3, -0.25) is 0 Å². The van der Waals surface area contributed by atoms with E-state index in [0.29, 0.717) is 0 Å². The van der Waals surface area contributed by atoms with Crippen LogP contribution in [0.4, 0.5) is 0 Å². The number of ether oxygens (including phenoxy) is 1. The highest BCUT2D eigenvalue weighted by molar-refractivity contribution is 7.08. The molecule has 1 aromatic rings. The first-order valence-corrected chi connectivity index (χ1v) is 4.81. The van der Waals surface area contributed by atoms with E-state index in [0.717, 1.165) is 5.56 Å². The van der Waals surface area contributed by atoms with Gasteiger partial charge in [0.05, 0.1) is 6.10 Å². The fourth-order valence-electron chi connectivity index (χ4n) is 1.02. The summed E-state index contributed by atoms with van der Waals surface area (Å²) in [6, 6.07) is 1.92. The first-order valence-electron chi connectivity index (χ1n) is 3.87. The summed E-state index contributed by atoms with van der Waals surface area (Å²) in [4.78, 5) is 0. The molecule has 1 heterocycles. The first kappa shape index (κ1) is 9.71. The lowest BCUT2D eigenvalue weighted by molar-refractivity contribution is -0.0769. The number of hydrogen-bond acceptors (Lipinski definition) is 3. The van der Waals surface area contributed by atoms with Crippen LogP contribution in [0, 0.1) is 0 Å². The molecule has 3 heteroatoms. The second-order valence-corrected chi connectivity index (χ2v) is 3.82. The molecule has 0 aromatic carbocycles. The summed E-state index contributed by atoms with van der Waals surface area (Å²) in [5.74, 6) is 0. The molecular weight excluding hydrogens is 172 g/mol. The van der Waals surface area contributed by atoms with Crippen molar-refractivity contribution in [2.45, 2.75) is 25.6 Å². The van der Waals surface area contributed by atoms with Gasteiger partial charge in [0.1, 0.15) is 5.60 Å². The summed E-state index contributed by atoms with van der Waals surface area (Å²) in [5.41, 5.74) is 0.0382. The van der Waals surface area contributed by atoms with Crippen molar-refractivity contribution in [3.05, 3.63) is 22.4 Å². The molecular formula is C9H14O2S. The zero-order valence-electron chi connectivity index (χ0n) is 7.57. The Labute approximate surface area is 76.8 Å². The van der Waals surface area contributed by atoms with Gasteiger partial charge in [-0.05, 0) is 36.2 Å². The van der Waals surface area contributed by atoms with Crippen molar-refractivity contribution in [1.29, 1.82) is 0 Å². The SMILES string of the molecule is COC(C)C(C)(O)c1ccsc1. The van der Waals surface area contributed by atoms with Crippen LogP contribution in [0.5, 0.6) is 0 Å². The van der Waals surface area contributed by atoms with Gasteiger partial charge in [0.15, 0.2) is 0 Å². The quantitative estimate of drug-likeness (QED) is 0.782. The monoisotopic (exact) mass is 186 g/mol. The second-order valence-electron chi connectivity index (χ2n) is 3.04. The van der Waals surface area contributed by atoms with Gasteiger partial charge in [-0.15, -0.1) is 0 Å². The highest BCUT2D eigenvalue weighted by Gasteiger charge is 2.30. The largest absolute Gasteiger partial charge is 0.383 e. The predicted molar refractivity (Wildman–Crippen MR) is 50.4 cm³/mol. The average molecular weight is 186 g/mol. The van der Waals surface area contributed by atoms with E-state index < -0.39 is 5.60 Å². The van der Waals surface area contributed by atoms with Gasteiger partial charge in [0, 0.05) is 7.11 Å². The van der Waals surface area contributed by atoms with Crippen molar-refractivity contribution in [2.24, 2.45) is 0 Å². The molecule has 0 aliphatic rings. The van der Waals surface area contributed by atoms with Crippen molar-refractivity contribution in [1.82, 2.24) is 0 Å². The molecule has 0 aliphatic carbocycles. The van der Waals surface area contributed by atoms with Crippen LogP contribution in [0.15, 0.2) is 16.8 Å². The molecule has 12 heavy (non-hydrogen) atoms. The minimum absolute atomic E-state index is 0.188. The van der Waals surface area contributed by atoms with E-state index in [4.69, 9.17) is 4.74 Å². The standard InChI is InChI=1S/C9H14O2S/c1-7(11-3)9(2,10)8-4-5-12-6-8/h4-7,10H,1-3H3. The van der Waals surface area contributed by atoms with E-state index in [1.54, 1.807) is 25.4 Å². The summed E-state index contributed by atoms with van der Waals surface area (Å²) in [5, 5.41) is 13.9. The summed E-state index contributed by atoms with van der Waals surface area (Å²) < 4.78 is 5.09. The van der Waals surface area contributed by atoms with Gasteiger partial charge in [-0.1, -0.05) is 0 Å². The van der Waals surface area contributed by atoms with Crippen LogP contribution >= 0.6 is 11.3 Å². The minimum Gasteiger partial charge on any atom is -0.383 e. The van der Waals surface area contributed by atoms with Crippen LogP contribution in [-0.2, 0) is 10.3 Å². The number of methoxy groups -OCH3 is 1. The molecule has 0 bridgehead atoms. The second kappa shape index (κ2) is 3.56. The Kier molecular flexibility index (Phi) is 2.88. The Hall–Kier alpha value is -0.380. The van der Waals surface area contributed by atoms with Gasteiger partial charge >= 0.3 is 0 Å². The third-order valence-corrected chi connectivity index (χ3v) is 2.93. The maximum absolute atomic E-state index is 10.0. The van der Waals surface area contributed by atoms with E-state index in [1.807, 2.05) is 23.8 Å². The molecule has 1 N–H and O–H groups in total. The van der Waals surface area contributed by atoms with Crippen LogP contribution in [0.2, 0.25) is 0 Å². The maximum Gasteiger partial charge on any atom is 0.113 e. The highest BCUT2D eigenvalue weighted by Crippen LogP contribution is 2.27. The fraction of sp³-hybridized carbons (Fsp3) is 0.556. The Bertz CT molecular complexity index is 229. The van der Waals surface area contributed by atoms with Crippen LogP contribution in [-0.4, -0.2) is 18.3 Å². The zero-order chi connectivity index (χ0) is 9.19. The molecule has 0 radical (unpaired) electrons. The zero-order valence-corrected chi connectivity index (χ0v) is 8.39. The van der Waals surface area contributed by atoms with E-state index in [1.165, 1.54) is 0 Å². The van der Waals surface area contributed by atoms with E-state index in [-0.39, 0.29) is 6.10 Å². The summed E-state index contributed by atoms with van der Waals surface area (Å²) in [7, 11) is 1.60. The van der Waals surface area contributed by atoms with Gasteiger partial charge < -0.3 is 9.84 Å². The van der Waals surface area contributed by atoms with Crippen LogP contribution < -0.4 is 0 Å². The van der Waals surface area contributed by atoms with Gasteiger partial charge in [0.25, 0.3) is 0 Å². The van der Waals surface area contributed by atoms with E-state index in [9.17, 15) is 5.11 Å². The maximum atomic E-state index is 10.0. The third-order valence-electron chi connectivity index (χ3n) is 2.25. The van der Waals surface area contributed by atoms with Crippen molar-refractivity contribution in [2.75, 3.05) is 7.11 Å². The molecule has 0 spiro atoms. The Morgan fingerprint density at radius 2 is 2.33 bits per heavy atom. The third kappa shape index (κ3) is 1.68. The fourth-order valence-corrected chi connectivity index (χ4v) is 1.78. The molecule has 0 aliphatic heterocycles. The number of aliphatic hydroxyl groups is 1. The molecule has 2 atom stereocenters. The van der Waals surface area contributed by atoms with Crippen LogP contribution in [0.25, 0.3) is 0 Å². The molecule has 2 nitrogen and oxygen atoms in total. The Morgan fingerprint density at radius 1 is 1.67 bits per heavy atom. The molecule has 68 valence electrons. The number of hydrogen-bond donors (Lipinski definition) is 1. The number of thiophene rings is 1. The molecule has 0 amide bonds. The summed E-state index contributed by atoms with van der Waals surface area (Å²) in [6.07, 6.45) is -0.188. The van der Waals surface area contributed by atoms with E-state index in [2.05, 4.69) is 0 Å². The van der Waals surface area contributed by atoms with Crippen molar-refractivity contribution >= 4 is 11.3 Å². The predicted octanol–water partition coefficient (Wildman–Crippen LogP) is 1.99. The van der Waals surface area contributed by atoms with Crippen molar-refractivity contribution < 1.29 is 9.84 Å². The lowest BCUT2D eigenvalue weighted by atomic mass is 9.93. The first-order chi connectivity index (χ1) is 5.59. The van der Waals surface area contributed by atoms with E-state index >= 15 is 0 Å². The Balaban J connectivity index is 2.85. The topological polar surface area (TPSA) is 29.5 Å². The Morgan fingerprint density at radius 3 is 2.75 bits per heavy atom. The smallest absolute Gasteiger partial charge is 0.113 e. The van der Waals surface area contributed by atoms with Crippen LogP contribution in [0.1, 0.15) is 19.4 Å². The van der Waals surface area contributed by atoms with Crippen molar-refractivity contribution in [3.63, 3.8) is 0 Å². The molecule has 0 fully saturated rings. The van der Waals surface area contributed by atoms with Gasteiger partial charge in [-0.2, -0.15) is 11.3 Å². The summed E-state index contributed by atoms with van der Waals surface area (Å²) >= 11 is 1.58. The summed E-state index contributed by atoms with van der Waals surface area (Å²) in [6.45, 7) is 3.63. The molecule has 1 aromatic heterocycles. The molecule has 0 saturated heterocycles. The van der Waals surface area contributed by atoms with Gasteiger partial charge in [0.2, 0.25) is 0 Å². The lowest BCUT2D eigenvalue weighted by Gasteiger charge is -2.28. The lowest BCUT2D eigenvalue weighted by Crippen LogP contribution is -2.35. The van der Waals surface area contributed by atoms with Crippen LogP contribution in [0.3, 0.4) is 0 Å². The van der Waals surface area contributed by atoms with Gasteiger partial charge in [-0.25, -0.2) is 0 Å². The highest BCUT2D eigenvalue weighted by atomic mass is 32.1. The van der Waals surface area contributed by atoms with Crippen molar-refractivity contribution in [3.8, 4) is 0 Å². The average Bonchev–Trinajstić information content (AvgIpc) is 2.55. The number of rotatable bonds is 3. The molecule has 0 saturated carbocycles. The molecule has 1 rings (SSSR count).